The standard InChI is InChI=1S/C22H30O4/c1-3-4-13-22(2,18-5-9-20(10-6-18)25-16-14-23)19-7-11-21(12-8-19)26-17-15-24/h5-12,23-24H,3-4,13-17H2,1-2H3. The van der Waals surface area contributed by atoms with E-state index in [2.05, 4.69) is 38.1 Å². The summed E-state index contributed by atoms with van der Waals surface area (Å²) in [6, 6.07) is 16.3. The zero-order valence-electron chi connectivity index (χ0n) is 15.8. The first kappa shape index (κ1) is 20.3. The van der Waals surface area contributed by atoms with E-state index in [-0.39, 0.29) is 18.6 Å². The molecule has 0 saturated heterocycles. The third kappa shape index (κ3) is 5.23. The predicted molar refractivity (Wildman–Crippen MR) is 104 cm³/mol. The summed E-state index contributed by atoms with van der Waals surface area (Å²) >= 11 is 0. The molecule has 4 heteroatoms. The topological polar surface area (TPSA) is 58.9 Å². The molecule has 0 aliphatic carbocycles. The molecule has 26 heavy (non-hydrogen) atoms. The maximum absolute atomic E-state index is 8.88. The largest absolute Gasteiger partial charge is 0.491 e. The molecule has 0 unspecified atom stereocenters. The van der Waals surface area contributed by atoms with Crippen molar-refractivity contribution in [3.63, 3.8) is 0 Å². The van der Waals surface area contributed by atoms with Crippen molar-refractivity contribution in [1.29, 1.82) is 0 Å². The van der Waals surface area contributed by atoms with Crippen LogP contribution in [0.5, 0.6) is 11.5 Å². The lowest BCUT2D eigenvalue weighted by atomic mass is 9.73. The lowest BCUT2D eigenvalue weighted by molar-refractivity contribution is 0.201. The number of benzene rings is 2. The molecule has 142 valence electrons. The number of hydrogen-bond donors (Lipinski definition) is 2. The van der Waals surface area contributed by atoms with Crippen LogP contribution in [-0.4, -0.2) is 36.6 Å². The highest BCUT2D eigenvalue weighted by molar-refractivity contribution is 5.42. The molecule has 2 N–H and O–H groups in total. The second-order valence-corrected chi connectivity index (χ2v) is 6.63. The number of ether oxygens (including phenoxy) is 2. The molecular formula is C22H30O4. The van der Waals surface area contributed by atoms with Crippen LogP contribution in [0.3, 0.4) is 0 Å². The molecule has 0 heterocycles. The summed E-state index contributed by atoms with van der Waals surface area (Å²) in [4.78, 5) is 0. The van der Waals surface area contributed by atoms with Gasteiger partial charge in [-0.25, -0.2) is 0 Å². The molecule has 4 nitrogen and oxygen atoms in total. The highest BCUT2D eigenvalue weighted by Gasteiger charge is 2.28. The summed E-state index contributed by atoms with van der Waals surface area (Å²) in [5.74, 6) is 1.54. The quantitative estimate of drug-likeness (QED) is 0.639. The van der Waals surface area contributed by atoms with Crippen LogP contribution in [0, 0.1) is 0 Å². The van der Waals surface area contributed by atoms with Crippen molar-refractivity contribution < 1.29 is 19.7 Å². The fraction of sp³-hybridized carbons (Fsp3) is 0.455. The van der Waals surface area contributed by atoms with Gasteiger partial charge in [-0.05, 0) is 41.8 Å². The molecule has 0 bridgehead atoms. The summed E-state index contributed by atoms with van der Waals surface area (Å²) in [6.07, 6.45) is 3.34. The molecule has 0 aliphatic heterocycles. The normalized spacial score (nSPS) is 11.4. The van der Waals surface area contributed by atoms with Crippen molar-refractivity contribution in [3.05, 3.63) is 59.7 Å². The molecule has 2 rings (SSSR count). The Kier molecular flexibility index (Phi) is 7.95. The Morgan fingerprint density at radius 3 is 1.54 bits per heavy atom. The Morgan fingerprint density at radius 1 is 0.769 bits per heavy atom. The van der Waals surface area contributed by atoms with Crippen LogP contribution >= 0.6 is 0 Å². The predicted octanol–water partition coefficient (Wildman–Crippen LogP) is 3.93. The minimum absolute atomic E-state index is 0.0146. The van der Waals surface area contributed by atoms with E-state index < -0.39 is 0 Å². The van der Waals surface area contributed by atoms with Crippen molar-refractivity contribution in [3.8, 4) is 11.5 Å². The summed E-state index contributed by atoms with van der Waals surface area (Å²) in [5, 5.41) is 17.8. The number of aliphatic hydroxyl groups excluding tert-OH is 2. The molecule has 0 aromatic heterocycles. The summed E-state index contributed by atoms with van der Waals surface area (Å²) in [7, 11) is 0. The van der Waals surface area contributed by atoms with Gasteiger partial charge in [0.05, 0.1) is 13.2 Å². The van der Waals surface area contributed by atoms with Crippen molar-refractivity contribution in [2.45, 2.75) is 38.5 Å². The van der Waals surface area contributed by atoms with Crippen molar-refractivity contribution in [2.24, 2.45) is 0 Å². The van der Waals surface area contributed by atoms with E-state index in [1.54, 1.807) is 0 Å². The van der Waals surface area contributed by atoms with E-state index in [1.807, 2.05) is 24.3 Å². The minimum atomic E-state index is -0.0962. The molecule has 0 fully saturated rings. The Balaban J connectivity index is 2.26. The Bertz CT molecular complexity index is 583. The van der Waals surface area contributed by atoms with Gasteiger partial charge >= 0.3 is 0 Å². The van der Waals surface area contributed by atoms with Crippen molar-refractivity contribution >= 4 is 0 Å². The van der Waals surface area contributed by atoms with Gasteiger partial charge in [0.25, 0.3) is 0 Å². The number of hydrogen-bond acceptors (Lipinski definition) is 4. The Labute approximate surface area is 156 Å². The molecule has 0 saturated carbocycles. The highest BCUT2D eigenvalue weighted by atomic mass is 16.5. The molecule has 0 aliphatic rings. The first-order valence-electron chi connectivity index (χ1n) is 9.32. The lowest BCUT2D eigenvalue weighted by Crippen LogP contribution is -2.23. The maximum atomic E-state index is 8.88. The van der Waals surface area contributed by atoms with Gasteiger partial charge in [-0.3, -0.25) is 0 Å². The van der Waals surface area contributed by atoms with Gasteiger partial charge in [0.15, 0.2) is 0 Å². The first-order valence-corrected chi connectivity index (χ1v) is 9.32. The second kappa shape index (κ2) is 10.2. The summed E-state index contributed by atoms with van der Waals surface area (Å²) < 4.78 is 11.0. The van der Waals surface area contributed by atoms with Gasteiger partial charge in [-0.1, -0.05) is 51.0 Å². The van der Waals surface area contributed by atoms with E-state index in [0.29, 0.717) is 13.2 Å². The number of rotatable bonds is 11. The van der Waals surface area contributed by atoms with Crippen LogP contribution in [0.4, 0.5) is 0 Å². The van der Waals surface area contributed by atoms with Gasteiger partial charge in [-0.2, -0.15) is 0 Å². The lowest BCUT2D eigenvalue weighted by Gasteiger charge is -2.31. The van der Waals surface area contributed by atoms with Crippen LogP contribution in [0.25, 0.3) is 0 Å². The molecule has 0 amide bonds. The maximum Gasteiger partial charge on any atom is 0.119 e. The van der Waals surface area contributed by atoms with Gasteiger partial charge in [0.1, 0.15) is 24.7 Å². The third-order valence-electron chi connectivity index (χ3n) is 4.73. The van der Waals surface area contributed by atoms with Gasteiger partial charge < -0.3 is 19.7 Å². The van der Waals surface area contributed by atoms with Crippen LogP contribution in [0.1, 0.15) is 44.2 Å². The average Bonchev–Trinajstić information content (AvgIpc) is 2.69. The summed E-state index contributed by atoms with van der Waals surface area (Å²) in [6.45, 7) is 5.12. The zero-order valence-corrected chi connectivity index (χ0v) is 15.8. The average molecular weight is 358 g/mol. The van der Waals surface area contributed by atoms with E-state index in [9.17, 15) is 0 Å². The number of unbranched alkanes of at least 4 members (excludes halogenated alkanes) is 1. The van der Waals surface area contributed by atoms with E-state index >= 15 is 0 Å². The van der Waals surface area contributed by atoms with E-state index in [0.717, 1.165) is 30.8 Å². The SMILES string of the molecule is CCCCC(C)(c1ccc(OCCO)cc1)c1ccc(OCCO)cc1. The molecule has 0 spiro atoms. The fourth-order valence-electron chi connectivity index (χ4n) is 3.15. The zero-order chi connectivity index (χ0) is 18.8. The van der Waals surface area contributed by atoms with E-state index in [1.165, 1.54) is 11.1 Å². The summed E-state index contributed by atoms with van der Waals surface area (Å²) in [5.41, 5.74) is 2.39. The molecule has 0 atom stereocenters. The smallest absolute Gasteiger partial charge is 0.119 e. The molecule has 2 aromatic carbocycles. The van der Waals surface area contributed by atoms with Gasteiger partial charge in [0, 0.05) is 5.41 Å². The van der Waals surface area contributed by atoms with E-state index in [4.69, 9.17) is 19.7 Å². The van der Waals surface area contributed by atoms with Crippen molar-refractivity contribution in [1.82, 2.24) is 0 Å². The Morgan fingerprint density at radius 2 is 1.19 bits per heavy atom. The third-order valence-corrected chi connectivity index (χ3v) is 4.73. The van der Waals surface area contributed by atoms with Crippen LogP contribution < -0.4 is 9.47 Å². The molecule has 2 aromatic rings. The minimum Gasteiger partial charge on any atom is -0.491 e. The monoisotopic (exact) mass is 358 g/mol. The van der Waals surface area contributed by atoms with Gasteiger partial charge in [-0.15, -0.1) is 0 Å². The first-order chi connectivity index (χ1) is 12.6. The van der Waals surface area contributed by atoms with Crippen LogP contribution in [0.15, 0.2) is 48.5 Å². The molecular weight excluding hydrogens is 328 g/mol. The molecule has 0 radical (unpaired) electrons. The van der Waals surface area contributed by atoms with Crippen molar-refractivity contribution in [2.75, 3.05) is 26.4 Å². The highest BCUT2D eigenvalue weighted by Crippen LogP contribution is 2.38. The number of aliphatic hydroxyl groups is 2. The van der Waals surface area contributed by atoms with Crippen LogP contribution in [-0.2, 0) is 5.41 Å². The second-order valence-electron chi connectivity index (χ2n) is 6.63. The van der Waals surface area contributed by atoms with Gasteiger partial charge in [0.2, 0.25) is 0 Å². The van der Waals surface area contributed by atoms with Crippen LogP contribution in [0.2, 0.25) is 0 Å². The Hall–Kier alpha value is -2.04. The fourth-order valence-corrected chi connectivity index (χ4v) is 3.15.